The molecule has 4 amide bonds. The van der Waals surface area contributed by atoms with Crippen LogP contribution in [0.15, 0.2) is 53.7 Å². The van der Waals surface area contributed by atoms with Crippen LogP contribution in [-0.2, 0) is 56.0 Å². The third-order valence-electron chi connectivity index (χ3n) is 11.1. The van der Waals surface area contributed by atoms with Crippen molar-refractivity contribution in [3.8, 4) is 5.75 Å². The highest BCUT2D eigenvalue weighted by Crippen LogP contribution is 2.30. The summed E-state index contributed by atoms with van der Waals surface area (Å²) in [6.45, 7) is 16.7. The summed E-state index contributed by atoms with van der Waals surface area (Å²) in [6, 6.07) is 11.2. The molecule has 0 aromatic heterocycles. The van der Waals surface area contributed by atoms with E-state index >= 15 is 0 Å². The second-order valence-corrected chi connectivity index (χ2v) is 17.6. The van der Waals surface area contributed by atoms with Gasteiger partial charge < -0.3 is 44.8 Å². The Morgan fingerprint density at radius 2 is 1.40 bits per heavy atom. The van der Waals surface area contributed by atoms with E-state index in [1.54, 1.807) is 19.9 Å². The van der Waals surface area contributed by atoms with Crippen LogP contribution in [0.5, 0.6) is 5.75 Å². The quantitative estimate of drug-likeness (QED) is 0.0321. The van der Waals surface area contributed by atoms with Crippen molar-refractivity contribution in [2.75, 3.05) is 46.6 Å². The number of carbonyl (C=O) groups is 6. The van der Waals surface area contributed by atoms with Gasteiger partial charge in [0.05, 0.1) is 31.6 Å². The number of hydrogen-bond donors (Lipinski definition) is 4. The molecule has 0 saturated carbocycles. The van der Waals surface area contributed by atoms with Crippen molar-refractivity contribution < 1.29 is 52.3 Å². The first kappa shape index (κ1) is 49.5. The maximum atomic E-state index is 14.2. The molecule has 4 N–H and O–H groups in total. The summed E-state index contributed by atoms with van der Waals surface area (Å²) in [5, 5.41) is 15.5. The number of quaternary nitrogens is 1. The number of rotatable bonds is 23. The maximum absolute atomic E-state index is 14.2. The number of carbonyl (C=O) groups excluding carboxylic acids is 6. The summed E-state index contributed by atoms with van der Waals surface area (Å²) in [5.74, 6) is -2.21. The largest absolute Gasteiger partial charge is 0.426 e. The van der Waals surface area contributed by atoms with Crippen LogP contribution in [0.2, 0.25) is 0 Å². The molecule has 2 saturated heterocycles. The predicted molar refractivity (Wildman–Crippen MR) is 233 cm³/mol. The van der Waals surface area contributed by atoms with Gasteiger partial charge in [0.15, 0.2) is 12.3 Å². The van der Waals surface area contributed by atoms with Crippen LogP contribution in [0, 0.1) is 11.8 Å². The zero-order valence-electron chi connectivity index (χ0n) is 37.8. The van der Waals surface area contributed by atoms with Crippen molar-refractivity contribution in [3.05, 3.63) is 65.2 Å². The second-order valence-electron chi connectivity index (χ2n) is 17.6. The Balaban J connectivity index is 1.52. The van der Waals surface area contributed by atoms with Crippen LogP contribution in [0.1, 0.15) is 91.3 Å². The second kappa shape index (κ2) is 22.8. The summed E-state index contributed by atoms with van der Waals surface area (Å²) >= 11 is 0. The average molecular weight is 864 g/mol. The maximum Gasteiger partial charge on any atom is 0.308 e. The van der Waals surface area contributed by atoms with E-state index in [1.807, 2.05) is 70.2 Å². The first-order valence-corrected chi connectivity index (χ1v) is 21.6. The third-order valence-corrected chi connectivity index (χ3v) is 11.1. The van der Waals surface area contributed by atoms with Crippen LogP contribution in [-0.4, -0.2) is 122 Å². The number of oxime groups is 1. The smallest absolute Gasteiger partial charge is 0.308 e. The molecule has 0 bridgehead atoms. The van der Waals surface area contributed by atoms with Crippen molar-refractivity contribution in [1.29, 1.82) is 0 Å². The van der Waals surface area contributed by atoms with Gasteiger partial charge in [0.2, 0.25) is 17.7 Å². The van der Waals surface area contributed by atoms with E-state index in [9.17, 15) is 28.8 Å². The van der Waals surface area contributed by atoms with Crippen LogP contribution >= 0.6 is 0 Å². The van der Waals surface area contributed by atoms with Gasteiger partial charge in [-0.15, -0.1) is 0 Å². The Labute approximate surface area is 365 Å². The molecular formula is C46H67N6O10+. The first-order chi connectivity index (χ1) is 29.3. The Kier molecular flexibility index (Phi) is 18.2. The Morgan fingerprint density at radius 1 is 0.790 bits per heavy atom. The molecule has 62 heavy (non-hydrogen) atoms. The fourth-order valence-electron chi connectivity index (χ4n) is 7.62. The molecule has 0 unspecified atom stereocenters. The van der Waals surface area contributed by atoms with Crippen LogP contribution in [0.25, 0.3) is 0 Å². The molecule has 2 aromatic rings. The number of nitrogens with one attached hydrogen (secondary N) is 4. The van der Waals surface area contributed by atoms with E-state index in [-0.39, 0.29) is 42.9 Å². The minimum atomic E-state index is -1.02. The summed E-state index contributed by atoms with van der Waals surface area (Å²) in [6.07, 6.45) is 1.41. The standard InChI is InChI=1S/C46H66N6O10/c1-29(2)23-38(42(55)46(8)28-61-46)49-43(56)32(6)47-45(58)39(24-30(3)4)50-44(57)37(17-15-34-13-11-10-12-14-34)48-41(54)27-52(19-21-60-22-20-52)26-35-16-18-40(62-33(7)53)36(25-35)31(5)51-59-9/h10-14,16,18,25,29-30,32,37-39H,15,17,19-24,26-28H2,1-9H3,(H3-,47,48,49,50,54,56,57,58)/p+1/b51-31+/t32-,37-,38-,39-,46+/m0/s1. The number of morpholine rings is 1. The topological polar surface area (TPSA) is 203 Å². The van der Waals surface area contributed by atoms with Gasteiger partial charge in [0, 0.05) is 18.1 Å². The highest BCUT2D eigenvalue weighted by atomic mass is 16.6. The molecule has 5 atom stereocenters. The lowest BCUT2D eigenvalue weighted by molar-refractivity contribution is -0.940. The van der Waals surface area contributed by atoms with Crippen LogP contribution < -0.4 is 26.0 Å². The lowest BCUT2D eigenvalue weighted by atomic mass is 9.93. The van der Waals surface area contributed by atoms with Gasteiger partial charge >= 0.3 is 5.97 Å². The van der Waals surface area contributed by atoms with E-state index in [0.717, 1.165) is 11.1 Å². The molecule has 16 heteroatoms. The fraction of sp³-hybridized carbons (Fsp3) is 0.587. The number of ether oxygens (including phenoxy) is 3. The number of ketones is 1. The highest BCUT2D eigenvalue weighted by molar-refractivity contribution is 6.01. The number of amides is 4. The molecule has 2 aliphatic heterocycles. The molecule has 16 nitrogen and oxygen atoms in total. The molecule has 2 aromatic carbocycles. The predicted octanol–water partition coefficient (Wildman–Crippen LogP) is 3.37. The zero-order chi connectivity index (χ0) is 45.6. The minimum absolute atomic E-state index is 0.0151. The molecule has 2 aliphatic rings. The van der Waals surface area contributed by atoms with Gasteiger partial charge in [-0.25, -0.2) is 0 Å². The van der Waals surface area contributed by atoms with Crippen LogP contribution in [0.3, 0.4) is 0 Å². The van der Waals surface area contributed by atoms with E-state index in [4.69, 9.17) is 19.0 Å². The van der Waals surface area contributed by atoms with Crippen LogP contribution in [0.4, 0.5) is 0 Å². The number of esters is 1. The van der Waals surface area contributed by atoms with Gasteiger partial charge in [-0.2, -0.15) is 0 Å². The average Bonchev–Trinajstić information content (AvgIpc) is 3.97. The third kappa shape index (κ3) is 15.0. The molecular weight excluding hydrogens is 797 g/mol. The van der Waals surface area contributed by atoms with E-state index in [0.29, 0.717) is 73.8 Å². The molecule has 2 fully saturated rings. The number of epoxide rings is 1. The Hall–Kier alpha value is -5.19. The van der Waals surface area contributed by atoms with E-state index in [2.05, 4.69) is 26.4 Å². The lowest BCUT2D eigenvalue weighted by Crippen LogP contribution is -2.61. The van der Waals surface area contributed by atoms with Crippen molar-refractivity contribution in [3.63, 3.8) is 0 Å². The van der Waals surface area contributed by atoms with Gasteiger partial charge in [-0.3, -0.25) is 28.8 Å². The van der Waals surface area contributed by atoms with Crippen molar-refractivity contribution in [1.82, 2.24) is 21.3 Å². The summed E-state index contributed by atoms with van der Waals surface area (Å²) in [5.41, 5.74) is 2.00. The Bertz CT molecular complexity index is 1910. The number of nitrogens with zero attached hydrogens (tertiary/aromatic N) is 2. The van der Waals surface area contributed by atoms with Gasteiger partial charge in [0.1, 0.15) is 56.2 Å². The molecule has 4 rings (SSSR count). The first-order valence-electron chi connectivity index (χ1n) is 21.6. The lowest BCUT2D eigenvalue weighted by Gasteiger charge is -2.41. The van der Waals surface area contributed by atoms with E-state index < -0.39 is 53.5 Å². The number of hydrogen-bond acceptors (Lipinski definition) is 11. The normalized spacial score (nSPS) is 19.0. The number of benzene rings is 2. The van der Waals surface area contributed by atoms with Crippen molar-refractivity contribution in [2.24, 2.45) is 17.0 Å². The fourth-order valence-corrected chi connectivity index (χ4v) is 7.62. The number of aryl methyl sites for hydroxylation is 1. The Morgan fingerprint density at radius 3 is 2.00 bits per heavy atom. The molecule has 0 radical (unpaired) electrons. The minimum Gasteiger partial charge on any atom is -0.426 e. The molecule has 0 aliphatic carbocycles. The SMILES string of the molecule is CO/N=C(\C)c1cc(C[N+]2(CC(=O)N[C@@H](CCc3ccccc3)C(=O)N[C@@H](CC(C)C)C(=O)N[C@@H](C)C(=O)N[C@@H](CC(C)C)C(=O)[C@@]3(C)CO3)CCOCC2)ccc1OC(C)=O. The highest BCUT2D eigenvalue weighted by Gasteiger charge is 2.50. The molecule has 0 spiro atoms. The van der Waals surface area contributed by atoms with Gasteiger partial charge in [0.25, 0.3) is 5.91 Å². The molecule has 2 heterocycles. The van der Waals surface area contributed by atoms with Gasteiger partial charge in [-0.1, -0.05) is 63.2 Å². The summed E-state index contributed by atoms with van der Waals surface area (Å²) in [4.78, 5) is 85.6. The molecule has 340 valence electrons. The van der Waals surface area contributed by atoms with E-state index in [1.165, 1.54) is 21.0 Å². The monoisotopic (exact) mass is 863 g/mol. The van der Waals surface area contributed by atoms with Crippen molar-refractivity contribution >= 4 is 41.1 Å². The van der Waals surface area contributed by atoms with Crippen molar-refractivity contribution in [2.45, 2.75) is 117 Å². The van der Waals surface area contributed by atoms with Gasteiger partial charge in [-0.05, 0) is 82.1 Å². The number of Topliss-reactive ketones (excluding diaryl/α,β-unsaturated/α-hetero) is 1. The summed E-state index contributed by atoms with van der Waals surface area (Å²) in [7, 11) is 1.43. The zero-order valence-corrected chi connectivity index (χ0v) is 37.8. The summed E-state index contributed by atoms with van der Waals surface area (Å²) < 4.78 is 16.9.